The number of halogens is 1. The predicted molar refractivity (Wildman–Crippen MR) is 69.4 cm³/mol. The molecule has 4 heteroatoms. The van der Waals surface area contributed by atoms with Crippen molar-refractivity contribution in [3.05, 3.63) is 28.8 Å². The molecule has 0 aromatic heterocycles. The third-order valence-corrected chi connectivity index (χ3v) is 3.24. The lowest BCUT2D eigenvalue weighted by atomic mass is 10.0. The summed E-state index contributed by atoms with van der Waals surface area (Å²) in [5, 5.41) is 7.67. The Labute approximate surface area is 102 Å². The molecule has 0 radical (unpaired) electrons. The lowest BCUT2D eigenvalue weighted by molar-refractivity contribution is 0.430. The minimum absolute atomic E-state index is 0.331. The lowest BCUT2D eigenvalue weighted by Crippen LogP contribution is -2.42. The molecular weight excluding hydrogens is 222 g/mol. The summed E-state index contributed by atoms with van der Waals surface area (Å²) < 4.78 is 0. The van der Waals surface area contributed by atoms with Crippen molar-refractivity contribution in [2.24, 2.45) is 0 Å². The van der Waals surface area contributed by atoms with Crippen molar-refractivity contribution >= 4 is 17.3 Å². The highest BCUT2D eigenvalue weighted by atomic mass is 35.5. The Morgan fingerprint density at radius 3 is 2.69 bits per heavy atom. The number of nitrogens with zero attached hydrogens (tertiary/aromatic N) is 1. The van der Waals surface area contributed by atoms with Gasteiger partial charge in [-0.1, -0.05) is 17.7 Å². The number of rotatable bonds is 2. The summed E-state index contributed by atoms with van der Waals surface area (Å²) in [5.41, 5.74) is 2.32. The number of anilines is 1. The number of piperazine rings is 1. The number of hydrogen-bond acceptors (Lipinski definition) is 3. The Balaban J connectivity index is 2.21. The standard InChI is InChI=1S/C12H18ClN3/c1-16(2)9-3-4-10(11(13)7-9)12-8-14-5-6-15-12/h3-4,7,12,14-15H,5-6,8H2,1-2H3/t12-/m1/s1. The molecule has 1 aromatic rings. The first kappa shape index (κ1) is 11.7. The van der Waals surface area contributed by atoms with Crippen LogP contribution in [0.25, 0.3) is 0 Å². The molecule has 1 aliphatic rings. The predicted octanol–water partition coefficient (Wildman–Crippen LogP) is 1.64. The highest BCUT2D eigenvalue weighted by Crippen LogP contribution is 2.27. The van der Waals surface area contributed by atoms with Crippen LogP contribution in [0, 0.1) is 0 Å². The van der Waals surface area contributed by atoms with Crippen LogP contribution in [0.5, 0.6) is 0 Å². The Bertz CT molecular complexity index is 359. The highest BCUT2D eigenvalue weighted by molar-refractivity contribution is 6.31. The lowest BCUT2D eigenvalue weighted by Gasteiger charge is -2.26. The maximum atomic E-state index is 6.31. The smallest absolute Gasteiger partial charge is 0.0474 e. The quantitative estimate of drug-likeness (QED) is 0.822. The van der Waals surface area contributed by atoms with Crippen LogP contribution in [0.1, 0.15) is 11.6 Å². The van der Waals surface area contributed by atoms with E-state index in [0.717, 1.165) is 30.3 Å². The number of hydrogen-bond donors (Lipinski definition) is 2. The van der Waals surface area contributed by atoms with Crippen LogP contribution in [0.4, 0.5) is 5.69 Å². The molecular formula is C12H18ClN3. The zero-order chi connectivity index (χ0) is 11.5. The fourth-order valence-electron chi connectivity index (χ4n) is 1.95. The molecule has 1 atom stereocenters. The Morgan fingerprint density at radius 2 is 2.12 bits per heavy atom. The summed E-state index contributed by atoms with van der Waals surface area (Å²) in [7, 11) is 4.04. The molecule has 1 heterocycles. The Hall–Kier alpha value is -0.770. The zero-order valence-corrected chi connectivity index (χ0v) is 10.5. The van der Waals surface area contributed by atoms with Crippen molar-refractivity contribution in [3.63, 3.8) is 0 Å². The van der Waals surface area contributed by atoms with E-state index in [9.17, 15) is 0 Å². The van der Waals surface area contributed by atoms with Gasteiger partial charge in [0.25, 0.3) is 0 Å². The van der Waals surface area contributed by atoms with Gasteiger partial charge in [0.05, 0.1) is 0 Å². The van der Waals surface area contributed by atoms with Gasteiger partial charge in [0, 0.05) is 50.5 Å². The minimum atomic E-state index is 0.331. The van der Waals surface area contributed by atoms with Crippen molar-refractivity contribution in [2.45, 2.75) is 6.04 Å². The molecule has 0 amide bonds. The van der Waals surface area contributed by atoms with Crippen molar-refractivity contribution in [2.75, 3.05) is 38.6 Å². The van der Waals surface area contributed by atoms with Gasteiger partial charge in [0.1, 0.15) is 0 Å². The van der Waals surface area contributed by atoms with Crippen LogP contribution >= 0.6 is 11.6 Å². The Kier molecular flexibility index (Phi) is 3.69. The normalized spacial score (nSPS) is 20.8. The third kappa shape index (κ3) is 2.48. The molecule has 2 rings (SSSR count). The average Bonchev–Trinajstić information content (AvgIpc) is 2.30. The van der Waals surface area contributed by atoms with E-state index in [1.165, 1.54) is 5.56 Å². The van der Waals surface area contributed by atoms with Crippen molar-refractivity contribution in [1.82, 2.24) is 10.6 Å². The molecule has 1 fully saturated rings. The summed E-state index contributed by atoms with van der Waals surface area (Å²) in [6, 6.07) is 6.57. The van der Waals surface area contributed by atoms with E-state index in [4.69, 9.17) is 11.6 Å². The van der Waals surface area contributed by atoms with Crippen LogP contribution in [-0.4, -0.2) is 33.7 Å². The van der Waals surface area contributed by atoms with Crippen LogP contribution in [0.2, 0.25) is 5.02 Å². The second-order valence-corrected chi connectivity index (χ2v) is 4.72. The molecule has 1 aromatic carbocycles. The van der Waals surface area contributed by atoms with Crippen LogP contribution in [0.3, 0.4) is 0 Å². The highest BCUT2D eigenvalue weighted by Gasteiger charge is 2.17. The first-order chi connectivity index (χ1) is 7.68. The van der Waals surface area contributed by atoms with Crippen LogP contribution in [-0.2, 0) is 0 Å². The van der Waals surface area contributed by atoms with Crippen molar-refractivity contribution in [3.8, 4) is 0 Å². The summed E-state index contributed by atoms with van der Waals surface area (Å²) in [4.78, 5) is 2.06. The van der Waals surface area contributed by atoms with Gasteiger partial charge in [-0.3, -0.25) is 0 Å². The molecule has 1 aliphatic heterocycles. The van der Waals surface area contributed by atoms with E-state index < -0.39 is 0 Å². The molecule has 3 nitrogen and oxygen atoms in total. The maximum Gasteiger partial charge on any atom is 0.0474 e. The monoisotopic (exact) mass is 239 g/mol. The van der Waals surface area contributed by atoms with E-state index in [0.29, 0.717) is 6.04 Å². The molecule has 16 heavy (non-hydrogen) atoms. The van der Waals surface area contributed by atoms with Gasteiger partial charge in [-0.05, 0) is 17.7 Å². The first-order valence-electron chi connectivity index (χ1n) is 5.59. The van der Waals surface area contributed by atoms with E-state index in [2.05, 4.69) is 27.7 Å². The molecule has 0 unspecified atom stereocenters. The topological polar surface area (TPSA) is 27.3 Å². The summed E-state index contributed by atoms with van der Waals surface area (Å²) in [5.74, 6) is 0. The van der Waals surface area contributed by atoms with E-state index in [-0.39, 0.29) is 0 Å². The second-order valence-electron chi connectivity index (χ2n) is 4.31. The number of nitrogens with one attached hydrogen (secondary N) is 2. The molecule has 0 saturated carbocycles. The van der Waals surface area contributed by atoms with Crippen LogP contribution < -0.4 is 15.5 Å². The molecule has 2 N–H and O–H groups in total. The van der Waals surface area contributed by atoms with Gasteiger partial charge >= 0.3 is 0 Å². The summed E-state index contributed by atoms with van der Waals surface area (Å²) in [6.45, 7) is 2.97. The molecule has 0 aliphatic carbocycles. The molecule has 0 bridgehead atoms. The second kappa shape index (κ2) is 5.04. The summed E-state index contributed by atoms with van der Waals surface area (Å²) >= 11 is 6.31. The molecule has 0 spiro atoms. The average molecular weight is 240 g/mol. The fourth-order valence-corrected chi connectivity index (χ4v) is 2.26. The van der Waals surface area contributed by atoms with E-state index >= 15 is 0 Å². The SMILES string of the molecule is CN(C)c1ccc([C@H]2CNCCN2)c(Cl)c1. The zero-order valence-electron chi connectivity index (χ0n) is 9.76. The minimum Gasteiger partial charge on any atom is -0.378 e. The van der Waals surface area contributed by atoms with E-state index in [1.54, 1.807) is 0 Å². The van der Waals surface area contributed by atoms with Crippen molar-refractivity contribution in [1.29, 1.82) is 0 Å². The van der Waals surface area contributed by atoms with Gasteiger partial charge in [0.15, 0.2) is 0 Å². The first-order valence-corrected chi connectivity index (χ1v) is 5.97. The fraction of sp³-hybridized carbons (Fsp3) is 0.500. The van der Waals surface area contributed by atoms with Gasteiger partial charge in [-0.25, -0.2) is 0 Å². The Morgan fingerprint density at radius 1 is 1.31 bits per heavy atom. The van der Waals surface area contributed by atoms with Gasteiger partial charge in [0.2, 0.25) is 0 Å². The van der Waals surface area contributed by atoms with E-state index in [1.807, 2.05) is 20.2 Å². The third-order valence-electron chi connectivity index (χ3n) is 2.92. The van der Waals surface area contributed by atoms with Gasteiger partial charge in [-0.15, -0.1) is 0 Å². The largest absolute Gasteiger partial charge is 0.378 e. The maximum absolute atomic E-state index is 6.31. The van der Waals surface area contributed by atoms with Gasteiger partial charge in [-0.2, -0.15) is 0 Å². The van der Waals surface area contributed by atoms with Crippen LogP contribution in [0.15, 0.2) is 18.2 Å². The number of benzene rings is 1. The summed E-state index contributed by atoms with van der Waals surface area (Å²) in [6.07, 6.45) is 0. The van der Waals surface area contributed by atoms with Gasteiger partial charge < -0.3 is 15.5 Å². The molecule has 1 saturated heterocycles. The molecule has 88 valence electrons. The van der Waals surface area contributed by atoms with Crippen molar-refractivity contribution < 1.29 is 0 Å².